The molecule has 130 valence electrons. The van der Waals surface area contributed by atoms with Crippen LogP contribution in [-0.4, -0.2) is 25.7 Å². The molecule has 4 nitrogen and oxygen atoms in total. The van der Waals surface area contributed by atoms with Crippen LogP contribution in [0.4, 0.5) is 9.52 Å². The molecule has 1 heterocycles. The zero-order valence-electron chi connectivity index (χ0n) is 13.4. The Balaban J connectivity index is 1.52. The van der Waals surface area contributed by atoms with E-state index < -0.39 is 9.84 Å². The molecule has 7 heteroatoms. The quantitative estimate of drug-likeness (QED) is 0.627. The Hall–Kier alpha value is -2.25. The molecule has 1 N–H and O–H groups in total. The lowest BCUT2D eigenvalue weighted by atomic mass is 10.2. The molecule has 0 aliphatic rings. The third-order valence-electron chi connectivity index (χ3n) is 3.61. The lowest BCUT2D eigenvalue weighted by molar-refractivity contribution is 0.594. The second-order valence-electron chi connectivity index (χ2n) is 5.46. The fraction of sp³-hybridized carbons (Fsp3) is 0.167. The number of hydrogen-bond acceptors (Lipinski definition) is 5. The van der Waals surface area contributed by atoms with Gasteiger partial charge in [0, 0.05) is 17.5 Å². The fourth-order valence-corrected chi connectivity index (χ4v) is 4.39. The molecular formula is C18H17FN2O2S2. The lowest BCUT2D eigenvalue weighted by Crippen LogP contribution is -2.11. The van der Waals surface area contributed by atoms with E-state index in [4.69, 9.17) is 0 Å². The van der Waals surface area contributed by atoms with Crippen LogP contribution >= 0.6 is 11.3 Å². The van der Waals surface area contributed by atoms with E-state index in [9.17, 15) is 12.8 Å². The first-order chi connectivity index (χ1) is 12.0. The van der Waals surface area contributed by atoms with Crippen LogP contribution in [0, 0.1) is 5.82 Å². The first-order valence-corrected chi connectivity index (χ1v) is 10.3. The van der Waals surface area contributed by atoms with Crippen molar-refractivity contribution in [3.63, 3.8) is 0 Å². The van der Waals surface area contributed by atoms with E-state index in [1.807, 2.05) is 5.38 Å². The molecule has 0 saturated carbocycles. The highest BCUT2D eigenvalue weighted by atomic mass is 32.2. The molecule has 0 fully saturated rings. The van der Waals surface area contributed by atoms with Crippen molar-refractivity contribution < 1.29 is 12.8 Å². The molecule has 3 rings (SSSR count). The average Bonchev–Trinajstić information content (AvgIpc) is 3.09. The van der Waals surface area contributed by atoms with Crippen LogP contribution in [-0.2, 0) is 9.84 Å². The summed E-state index contributed by atoms with van der Waals surface area (Å²) in [5, 5.41) is 5.74. The Kier molecular flexibility index (Phi) is 5.45. The summed E-state index contributed by atoms with van der Waals surface area (Å²) < 4.78 is 37.3. The minimum atomic E-state index is -3.25. The summed E-state index contributed by atoms with van der Waals surface area (Å²) in [5.74, 6) is -0.197. The van der Waals surface area contributed by atoms with Gasteiger partial charge >= 0.3 is 0 Å². The highest BCUT2D eigenvalue weighted by Gasteiger charge is 2.13. The molecule has 25 heavy (non-hydrogen) atoms. The number of hydrogen-bond donors (Lipinski definition) is 1. The maximum Gasteiger partial charge on any atom is 0.183 e. The predicted molar refractivity (Wildman–Crippen MR) is 99.1 cm³/mol. The average molecular weight is 376 g/mol. The van der Waals surface area contributed by atoms with Gasteiger partial charge < -0.3 is 5.32 Å². The highest BCUT2D eigenvalue weighted by Crippen LogP contribution is 2.25. The van der Waals surface area contributed by atoms with Crippen LogP contribution in [0.3, 0.4) is 0 Å². The van der Waals surface area contributed by atoms with Gasteiger partial charge in [0.1, 0.15) is 5.82 Å². The van der Waals surface area contributed by atoms with Crippen LogP contribution in [0.5, 0.6) is 0 Å². The van der Waals surface area contributed by atoms with Gasteiger partial charge in [-0.3, -0.25) is 0 Å². The lowest BCUT2D eigenvalue weighted by Gasteiger charge is -2.05. The Morgan fingerprint density at radius 2 is 1.76 bits per heavy atom. The van der Waals surface area contributed by atoms with Gasteiger partial charge in [-0.05, 0) is 42.8 Å². The Morgan fingerprint density at radius 1 is 1.04 bits per heavy atom. The molecule has 0 saturated heterocycles. The van der Waals surface area contributed by atoms with Crippen molar-refractivity contribution >= 4 is 26.3 Å². The monoisotopic (exact) mass is 376 g/mol. The predicted octanol–water partition coefficient (Wildman–Crippen LogP) is 4.23. The summed E-state index contributed by atoms with van der Waals surface area (Å²) in [4.78, 5) is 4.79. The maximum absolute atomic E-state index is 13.0. The van der Waals surface area contributed by atoms with Crippen LogP contribution in [0.1, 0.15) is 6.42 Å². The van der Waals surface area contributed by atoms with Crippen molar-refractivity contribution in [2.45, 2.75) is 11.3 Å². The number of rotatable bonds is 7. The molecule has 2 aromatic carbocycles. The first-order valence-electron chi connectivity index (χ1n) is 7.78. The van der Waals surface area contributed by atoms with Crippen LogP contribution in [0.15, 0.2) is 64.9 Å². The molecule has 0 aliphatic heterocycles. The van der Waals surface area contributed by atoms with E-state index in [0.29, 0.717) is 17.9 Å². The van der Waals surface area contributed by atoms with Gasteiger partial charge in [0.05, 0.1) is 16.3 Å². The minimum absolute atomic E-state index is 0.0835. The van der Waals surface area contributed by atoms with Gasteiger partial charge in [0.2, 0.25) is 0 Å². The van der Waals surface area contributed by atoms with E-state index in [2.05, 4.69) is 10.3 Å². The summed E-state index contributed by atoms with van der Waals surface area (Å²) in [6, 6.07) is 14.6. The molecule has 0 bridgehead atoms. The zero-order chi connectivity index (χ0) is 17.7. The number of thiazole rings is 1. The largest absolute Gasteiger partial charge is 0.361 e. The fourth-order valence-electron chi connectivity index (χ4n) is 2.31. The third kappa shape index (κ3) is 4.64. The van der Waals surface area contributed by atoms with Gasteiger partial charge in [-0.1, -0.05) is 18.2 Å². The van der Waals surface area contributed by atoms with Crippen molar-refractivity contribution in [3.05, 3.63) is 65.8 Å². The van der Waals surface area contributed by atoms with Crippen molar-refractivity contribution in [2.24, 2.45) is 0 Å². The number of nitrogens with one attached hydrogen (secondary N) is 1. The maximum atomic E-state index is 13.0. The van der Waals surface area contributed by atoms with Crippen molar-refractivity contribution in [3.8, 4) is 11.3 Å². The summed E-state index contributed by atoms with van der Waals surface area (Å²) in [5.41, 5.74) is 1.61. The number of halogens is 1. The number of sulfone groups is 1. The summed E-state index contributed by atoms with van der Waals surface area (Å²) in [6.45, 7) is 0.516. The van der Waals surface area contributed by atoms with E-state index in [0.717, 1.165) is 16.4 Å². The second kappa shape index (κ2) is 7.76. The topological polar surface area (TPSA) is 59.1 Å². The molecular weight excluding hydrogens is 359 g/mol. The molecule has 0 radical (unpaired) electrons. The van der Waals surface area contributed by atoms with Gasteiger partial charge in [-0.2, -0.15) is 0 Å². The van der Waals surface area contributed by atoms with Gasteiger partial charge in [-0.15, -0.1) is 11.3 Å². The minimum Gasteiger partial charge on any atom is -0.361 e. The summed E-state index contributed by atoms with van der Waals surface area (Å²) >= 11 is 1.44. The first kappa shape index (κ1) is 17.6. The zero-order valence-corrected chi connectivity index (χ0v) is 15.0. The molecule has 0 unspecified atom stereocenters. The standard InChI is InChI=1S/C18H17FN2O2S2/c19-15-9-7-14(8-10-15)17-13-24-18(21-17)20-11-4-12-25(22,23)16-5-2-1-3-6-16/h1-3,5-10,13H,4,11-12H2,(H,20,21). The van der Waals surface area contributed by atoms with Crippen LogP contribution < -0.4 is 5.32 Å². The van der Waals surface area contributed by atoms with Gasteiger partial charge in [0.25, 0.3) is 0 Å². The Morgan fingerprint density at radius 3 is 2.48 bits per heavy atom. The highest BCUT2D eigenvalue weighted by molar-refractivity contribution is 7.91. The van der Waals surface area contributed by atoms with Crippen LogP contribution in [0.2, 0.25) is 0 Å². The second-order valence-corrected chi connectivity index (χ2v) is 8.42. The van der Waals surface area contributed by atoms with Crippen molar-refractivity contribution in [1.29, 1.82) is 0 Å². The molecule has 1 aromatic heterocycles. The van der Waals surface area contributed by atoms with E-state index in [1.54, 1.807) is 42.5 Å². The number of aromatic nitrogens is 1. The Labute approximate surface area is 150 Å². The molecule has 0 atom stereocenters. The molecule has 3 aromatic rings. The summed E-state index contributed by atoms with van der Waals surface area (Å²) in [6.07, 6.45) is 0.489. The molecule has 0 aliphatic carbocycles. The van der Waals surface area contributed by atoms with E-state index in [-0.39, 0.29) is 11.6 Å². The Bertz CT molecular complexity index is 923. The van der Waals surface area contributed by atoms with Crippen molar-refractivity contribution in [1.82, 2.24) is 4.98 Å². The number of benzene rings is 2. The molecule has 0 spiro atoms. The molecule has 0 amide bonds. The van der Waals surface area contributed by atoms with Crippen LogP contribution in [0.25, 0.3) is 11.3 Å². The summed E-state index contributed by atoms with van der Waals surface area (Å²) in [7, 11) is -3.25. The van der Waals surface area contributed by atoms with E-state index >= 15 is 0 Å². The van der Waals surface area contributed by atoms with Crippen molar-refractivity contribution in [2.75, 3.05) is 17.6 Å². The van der Waals surface area contributed by atoms with Gasteiger partial charge in [-0.25, -0.2) is 17.8 Å². The number of nitrogens with zero attached hydrogens (tertiary/aromatic N) is 1. The third-order valence-corrected chi connectivity index (χ3v) is 6.23. The van der Waals surface area contributed by atoms with Gasteiger partial charge in [0.15, 0.2) is 15.0 Å². The smallest absolute Gasteiger partial charge is 0.183 e. The SMILES string of the molecule is O=S(=O)(CCCNc1nc(-c2ccc(F)cc2)cs1)c1ccccc1. The normalized spacial score (nSPS) is 11.4. The van der Waals surface area contributed by atoms with E-state index in [1.165, 1.54) is 23.5 Å². The number of anilines is 1.